The van der Waals surface area contributed by atoms with E-state index in [1.807, 2.05) is 0 Å². The molecule has 70 heavy (non-hydrogen) atoms. The SMILES string of the molecule is c1ccc(-n2c3ccccc3c3c(-c4cccc(-n5c6ccccc6c6ccccc65)c4-c4cc(-n5c6ccccc6c6ccccc65)cc(-n5c6ccccc6c6ccccc65)n4)cccc32)cc1. The molecule has 0 atom stereocenters. The van der Waals surface area contributed by atoms with Crippen LogP contribution in [-0.2, 0) is 0 Å². The number of hydrogen-bond acceptors (Lipinski definition) is 1. The fourth-order valence-electron chi connectivity index (χ4n) is 11.7. The molecule has 15 rings (SSSR count). The third-order valence-electron chi connectivity index (χ3n) is 14.6. The van der Waals surface area contributed by atoms with Crippen LogP contribution in [0.2, 0.25) is 0 Å². The zero-order valence-corrected chi connectivity index (χ0v) is 37.9. The highest BCUT2D eigenvalue weighted by molar-refractivity contribution is 6.18. The summed E-state index contributed by atoms with van der Waals surface area (Å²) in [6, 6.07) is 90.5. The first kappa shape index (κ1) is 38.6. The second-order valence-electron chi connectivity index (χ2n) is 18.3. The van der Waals surface area contributed by atoms with Crippen LogP contribution in [0.3, 0.4) is 0 Å². The highest BCUT2D eigenvalue weighted by Gasteiger charge is 2.25. The maximum absolute atomic E-state index is 5.96. The molecule has 15 aromatic rings. The molecule has 5 aromatic heterocycles. The summed E-state index contributed by atoms with van der Waals surface area (Å²) in [7, 11) is 0. The third kappa shape index (κ3) is 5.51. The van der Waals surface area contributed by atoms with Gasteiger partial charge in [0.2, 0.25) is 0 Å². The molecule has 5 heterocycles. The average molecular weight is 892 g/mol. The highest BCUT2D eigenvalue weighted by atomic mass is 15.1. The Balaban J connectivity index is 1.13. The summed E-state index contributed by atoms with van der Waals surface area (Å²) in [5.41, 5.74) is 16.5. The Labute approximate surface area is 402 Å². The molecule has 0 amide bonds. The Hall–Kier alpha value is -9.45. The quantitative estimate of drug-likeness (QED) is 0.164. The van der Waals surface area contributed by atoms with E-state index in [0.717, 1.165) is 89.4 Å². The first-order valence-corrected chi connectivity index (χ1v) is 24.0. The van der Waals surface area contributed by atoms with E-state index in [9.17, 15) is 0 Å². The van der Waals surface area contributed by atoms with Crippen molar-refractivity contribution in [2.75, 3.05) is 0 Å². The number of para-hydroxylation sites is 8. The van der Waals surface area contributed by atoms with Crippen LogP contribution >= 0.6 is 0 Å². The molecule has 0 aliphatic carbocycles. The minimum Gasteiger partial charge on any atom is -0.309 e. The molecule has 5 heteroatoms. The topological polar surface area (TPSA) is 32.6 Å². The van der Waals surface area contributed by atoms with Crippen molar-refractivity contribution in [2.24, 2.45) is 0 Å². The van der Waals surface area contributed by atoms with Gasteiger partial charge in [0.25, 0.3) is 0 Å². The van der Waals surface area contributed by atoms with Crippen LogP contribution in [0, 0.1) is 0 Å². The first-order valence-electron chi connectivity index (χ1n) is 24.0. The fraction of sp³-hybridized carbons (Fsp3) is 0. The van der Waals surface area contributed by atoms with Gasteiger partial charge < -0.3 is 13.7 Å². The minimum atomic E-state index is 0.841. The van der Waals surface area contributed by atoms with Crippen molar-refractivity contribution in [1.82, 2.24) is 23.3 Å². The van der Waals surface area contributed by atoms with Gasteiger partial charge in [-0.05, 0) is 83.9 Å². The maximum Gasteiger partial charge on any atom is 0.140 e. The summed E-state index contributed by atoms with van der Waals surface area (Å²) in [6.07, 6.45) is 0. The number of pyridine rings is 1. The van der Waals surface area contributed by atoms with Crippen LogP contribution in [0.25, 0.3) is 132 Å². The van der Waals surface area contributed by atoms with Crippen molar-refractivity contribution in [2.45, 2.75) is 0 Å². The van der Waals surface area contributed by atoms with E-state index in [4.69, 9.17) is 4.98 Å². The second kappa shape index (κ2) is 15.0. The van der Waals surface area contributed by atoms with Crippen molar-refractivity contribution in [1.29, 1.82) is 0 Å². The van der Waals surface area contributed by atoms with E-state index in [2.05, 4.69) is 267 Å². The van der Waals surface area contributed by atoms with Gasteiger partial charge in [0.1, 0.15) is 5.82 Å². The minimum absolute atomic E-state index is 0.841. The Morgan fingerprint density at radius 3 is 1.17 bits per heavy atom. The van der Waals surface area contributed by atoms with Crippen molar-refractivity contribution in [3.05, 3.63) is 249 Å². The lowest BCUT2D eigenvalue weighted by molar-refractivity contribution is 1.06. The van der Waals surface area contributed by atoms with Crippen LogP contribution in [0.1, 0.15) is 0 Å². The second-order valence-corrected chi connectivity index (χ2v) is 18.3. The lowest BCUT2D eigenvalue weighted by atomic mass is 9.92. The Morgan fingerprint density at radius 2 is 0.643 bits per heavy atom. The van der Waals surface area contributed by atoms with Gasteiger partial charge >= 0.3 is 0 Å². The smallest absolute Gasteiger partial charge is 0.140 e. The average Bonchev–Trinajstić information content (AvgIpc) is 4.16. The zero-order chi connectivity index (χ0) is 45.9. The van der Waals surface area contributed by atoms with Crippen LogP contribution in [0.4, 0.5) is 0 Å². The summed E-state index contributed by atoms with van der Waals surface area (Å²) in [5, 5.41) is 9.62. The summed E-state index contributed by atoms with van der Waals surface area (Å²) in [6.45, 7) is 0. The monoisotopic (exact) mass is 891 g/mol. The number of rotatable bonds is 6. The van der Waals surface area contributed by atoms with Gasteiger partial charge in [-0.1, -0.05) is 170 Å². The molecule has 0 N–H and O–H groups in total. The normalized spacial score (nSPS) is 12.0. The van der Waals surface area contributed by atoms with Gasteiger partial charge in [0.05, 0.1) is 61.2 Å². The van der Waals surface area contributed by atoms with E-state index in [0.29, 0.717) is 0 Å². The van der Waals surface area contributed by atoms with E-state index >= 15 is 0 Å². The molecule has 0 radical (unpaired) electrons. The lowest BCUT2D eigenvalue weighted by Crippen LogP contribution is -2.06. The number of aromatic nitrogens is 5. The number of nitrogens with zero attached hydrogens (tertiary/aromatic N) is 5. The van der Waals surface area contributed by atoms with E-state index < -0.39 is 0 Å². The molecule has 0 spiro atoms. The third-order valence-corrected chi connectivity index (χ3v) is 14.6. The number of fused-ring (bicyclic) bond motifs is 12. The van der Waals surface area contributed by atoms with Crippen molar-refractivity contribution >= 4 is 87.2 Å². The predicted molar refractivity (Wildman–Crippen MR) is 292 cm³/mol. The summed E-state index contributed by atoms with van der Waals surface area (Å²) >= 11 is 0. The molecule has 0 fully saturated rings. The molecule has 0 saturated heterocycles. The van der Waals surface area contributed by atoms with Crippen molar-refractivity contribution < 1.29 is 0 Å². The highest BCUT2D eigenvalue weighted by Crippen LogP contribution is 2.46. The molecule has 326 valence electrons. The molecule has 0 bridgehead atoms. The van der Waals surface area contributed by atoms with E-state index in [-0.39, 0.29) is 0 Å². The Bertz CT molecular complexity index is 4310. The van der Waals surface area contributed by atoms with Crippen LogP contribution < -0.4 is 0 Å². The summed E-state index contributed by atoms with van der Waals surface area (Å²) < 4.78 is 9.67. The molecule has 0 aliphatic rings. The number of benzene rings is 10. The molecular formula is C65H41N5. The van der Waals surface area contributed by atoms with Gasteiger partial charge in [-0.25, -0.2) is 4.98 Å². The van der Waals surface area contributed by atoms with Crippen LogP contribution in [0.5, 0.6) is 0 Å². The largest absolute Gasteiger partial charge is 0.309 e. The molecule has 10 aromatic carbocycles. The zero-order valence-electron chi connectivity index (χ0n) is 37.9. The van der Waals surface area contributed by atoms with Crippen LogP contribution in [-0.4, -0.2) is 23.3 Å². The lowest BCUT2D eigenvalue weighted by Gasteiger charge is -2.21. The van der Waals surface area contributed by atoms with Gasteiger partial charge in [0, 0.05) is 60.4 Å². The molecule has 0 unspecified atom stereocenters. The standard InChI is InChI=1S/C65H41N5/c1-2-20-42(21-3-1)67-60-37-17-10-28-52(60)64-50(29-18-38-61(64)67)51-30-19-39-62(69-56-33-13-6-24-46(56)47-25-7-14-34-57(47)69)65(51)53-40-43(68-54-31-11-4-22-44(54)45-23-5-12-32-55(45)68)41-63(66-53)70-58-35-15-8-26-48(58)49-27-9-16-36-59(49)70/h1-41H. The molecular weight excluding hydrogens is 851 g/mol. The van der Waals surface area contributed by atoms with E-state index in [1.54, 1.807) is 0 Å². The van der Waals surface area contributed by atoms with Crippen LogP contribution in [0.15, 0.2) is 249 Å². The Morgan fingerprint density at radius 1 is 0.257 bits per heavy atom. The predicted octanol–water partition coefficient (Wildman–Crippen LogP) is 16.8. The first-order chi connectivity index (χ1) is 34.8. The van der Waals surface area contributed by atoms with Crippen molar-refractivity contribution in [3.63, 3.8) is 0 Å². The van der Waals surface area contributed by atoms with Gasteiger partial charge in [-0.3, -0.25) is 4.57 Å². The Kier molecular flexibility index (Phi) is 8.29. The molecule has 5 nitrogen and oxygen atoms in total. The van der Waals surface area contributed by atoms with Crippen molar-refractivity contribution in [3.8, 4) is 45.3 Å². The van der Waals surface area contributed by atoms with Gasteiger partial charge in [0.15, 0.2) is 0 Å². The molecule has 0 aliphatic heterocycles. The summed E-state index contributed by atoms with van der Waals surface area (Å²) in [5.74, 6) is 0.841. The summed E-state index contributed by atoms with van der Waals surface area (Å²) in [4.78, 5) is 5.96. The fourth-order valence-corrected chi connectivity index (χ4v) is 11.7. The van der Waals surface area contributed by atoms with E-state index in [1.165, 1.54) is 43.1 Å². The number of hydrogen-bond donors (Lipinski definition) is 0. The van der Waals surface area contributed by atoms with Gasteiger partial charge in [-0.2, -0.15) is 0 Å². The maximum atomic E-state index is 5.96. The van der Waals surface area contributed by atoms with Gasteiger partial charge in [-0.15, -0.1) is 0 Å². The molecule has 0 saturated carbocycles.